The monoisotopic (exact) mass is 224 g/mol. The minimum absolute atomic E-state index is 0.328. The molecule has 5 heteroatoms. The van der Waals surface area contributed by atoms with Crippen LogP contribution in [0.1, 0.15) is 25.6 Å². The van der Waals surface area contributed by atoms with Crippen molar-refractivity contribution in [3.8, 4) is 0 Å². The van der Waals surface area contributed by atoms with E-state index < -0.39 is 0 Å². The van der Waals surface area contributed by atoms with Crippen LogP contribution in [-0.4, -0.2) is 36.1 Å². The number of nitrogens with two attached hydrogens (primary N) is 1. The van der Waals surface area contributed by atoms with Gasteiger partial charge in [0.25, 0.3) is 0 Å². The van der Waals surface area contributed by atoms with E-state index in [-0.39, 0.29) is 0 Å². The second kappa shape index (κ2) is 4.33. The van der Waals surface area contributed by atoms with E-state index >= 15 is 0 Å². The molecule has 2 N–H and O–H groups in total. The van der Waals surface area contributed by atoms with Crippen molar-refractivity contribution in [3.63, 3.8) is 0 Å². The van der Waals surface area contributed by atoms with Crippen LogP contribution in [0.5, 0.6) is 0 Å². The number of rotatable bonds is 2. The Kier molecular flexibility index (Phi) is 3.05. The highest BCUT2D eigenvalue weighted by Gasteiger charge is 2.22. The lowest BCUT2D eigenvalue weighted by atomic mass is 10.3. The first-order valence-electron chi connectivity index (χ1n) is 5.78. The number of ether oxygens (including phenoxy) is 1. The highest BCUT2D eigenvalue weighted by Crippen LogP contribution is 2.29. The molecule has 0 saturated carbocycles. The summed E-state index contributed by atoms with van der Waals surface area (Å²) in [6.07, 6.45) is 0. The second-order valence-electron chi connectivity index (χ2n) is 4.46. The molecule has 1 aliphatic rings. The molecule has 2 heterocycles. The van der Waals surface area contributed by atoms with Crippen molar-refractivity contribution in [2.45, 2.75) is 26.8 Å². The van der Waals surface area contributed by atoms with Crippen LogP contribution in [0.4, 0.5) is 11.5 Å². The zero-order valence-corrected chi connectivity index (χ0v) is 10.2. The van der Waals surface area contributed by atoms with Crippen LogP contribution in [0.2, 0.25) is 0 Å². The van der Waals surface area contributed by atoms with Crippen LogP contribution in [0, 0.1) is 6.92 Å². The van der Waals surface area contributed by atoms with Gasteiger partial charge in [0.1, 0.15) is 0 Å². The Bertz CT molecular complexity index is 366. The van der Waals surface area contributed by atoms with Gasteiger partial charge in [0.2, 0.25) is 0 Å². The van der Waals surface area contributed by atoms with Crippen molar-refractivity contribution in [1.82, 2.24) is 9.78 Å². The van der Waals surface area contributed by atoms with E-state index in [9.17, 15) is 0 Å². The predicted molar refractivity (Wildman–Crippen MR) is 64.8 cm³/mol. The molecule has 0 bridgehead atoms. The molecule has 16 heavy (non-hydrogen) atoms. The van der Waals surface area contributed by atoms with E-state index in [4.69, 9.17) is 10.5 Å². The van der Waals surface area contributed by atoms with Gasteiger partial charge in [-0.05, 0) is 20.8 Å². The van der Waals surface area contributed by atoms with Gasteiger partial charge < -0.3 is 15.4 Å². The molecule has 0 unspecified atom stereocenters. The van der Waals surface area contributed by atoms with Gasteiger partial charge in [-0.15, -0.1) is 0 Å². The summed E-state index contributed by atoms with van der Waals surface area (Å²) in [6, 6.07) is 0.328. The summed E-state index contributed by atoms with van der Waals surface area (Å²) in [7, 11) is 0. The van der Waals surface area contributed by atoms with Crippen molar-refractivity contribution in [3.05, 3.63) is 5.69 Å². The first-order valence-corrected chi connectivity index (χ1v) is 5.78. The number of nitrogens with zero attached hydrogens (tertiary/aromatic N) is 3. The molecule has 5 nitrogen and oxygen atoms in total. The van der Waals surface area contributed by atoms with Crippen LogP contribution in [0.3, 0.4) is 0 Å². The summed E-state index contributed by atoms with van der Waals surface area (Å²) >= 11 is 0. The summed E-state index contributed by atoms with van der Waals surface area (Å²) in [5.41, 5.74) is 7.82. The molecule has 0 atom stereocenters. The normalized spacial score (nSPS) is 17.1. The van der Waals surface area contributed by atoms with Crippen molar-refractivity contribution in [2.24, 2.45) is 0 Å². The number of hydrogen-bond donors (Lipinski definition) is 1. The second-order valence-corrected chi connectivity index (χ2v) is 4.46. The van der Waals surface area contributed by atoms with E-state index in [1.165, 1.54) is 0 Å². The van der Waals surface area contributed by atoms with Crippen molar-refractivity contribution in [1.29, 1.82) is 0 Å². The van der Waals surface area contributed by atoms with Gasteiger partial charge >= 0.3 is 0 Å². The van der Waals surface area contributed by atoms with Crippen molar-refractivity contribution >= 4 is 11.5 Å². The van der Waals surface area contributed by atoms with Crippen LogP contribution in [0.15, 0.2) is 0 Å². The fourth-order valence-electron chi connectivity index (χ4n) is 2.00. The molecule has 0 aromatic carbocycles. The average Bonchev–Trinajstić information content (AvgIpc) is 2.57. The number of anilines is 2. The lowest BCUT2D eigenvalue weighted by Crippen LogP contribution is -2.38. The van der Waals surface area contributed by atoms with Crippen molar-refractivity contribution in [2.75, 3.05) is 36.9 Å². The Balaban J connectivity index is 2.36. The first-order chi connectivity index (χ1) is 7.61. The fourth-order valence-corrected chi connectivity index (χ4v) is 2.00. The summed E-state index contributed by atoms with van der Waals surface area (Å²) < 4.78 is 7.37. The SMILES string of the molecule is Cc1nn(C(C)C)c(N2CCOCC2)c1N. The maximum atomic E-state index is 6.11. The van der Waals surface area contributed by atoms with E-state index in [2.05, 4.69) is 23.8 Å². The summed E-state index contributed by atoms with van der Waals surface area (Å²) in [5, 5.41) is 4.49. The minimum Gasteiger partial charge on any atom is -0.394 e. The quantitative estimate of drug-likeness (QED) is 0.820. The van der Waals surface area contributed by atoms with Gasteiger partial charge in [-0.2, -0.15) is 5.10 Å². The summed E-state index contributed by atoms with van der Waals surface area (Å²) in [5.74, 6) is 1.05. The van der Waals surface area contributed by atoms with Crippen LogP contribution in [0.25, 0.3) is 0 Å². The average molecular weight is 224 g/mol. The van der Waals surface area contributed by atoms with Gasteiger partial charge in [0.15, 0.2) is 5.82 Å². The Morgan fingerprint density at radius 2 is 1.94 bits per heavy atom. The molecule has 1 fully saturated rings. The highest BCUT2D eigenvalue weighted by atomic mass is 16.5. The van der Waals surface area contributed by atoms with Gasteiger partial charge in [-0.1, -0.05) is 0 Å². The third kappa shape index (κ3) is 1.87. The van der Waals surface area contributed by atoms with E-state index in [1.54, 1.807) is 0 Å². The molecule has 2 rings (SSSR count). The summed E-state index contributed by atoms with van der Waals surface area (Å²) in [6.45, 7) is 9.51. The molecule has 0 spiro atoms. The highest BCUT2D eigenvalue weighted by molar-refractivity contribution is 5.66. The number of aryl methyl sites for hydroxylation is 1. The van der Waals surface area contributed by atoms with Crippen LogP contribution in [-0.2, 0) is 4.74 Å². The summed E-state index contributed by atoms with van der Waals surface area (Å²) in [4.78, 5) is 2.26. The third-order valence-electron chi connectivity index (χ3n) is 2.91. The zero-order valence-electron chi connectivity index (χ0n) is 10.2. The number of hydrogen-bond acceptors (Lipinski definition) is 4. The van der Waals surface area contributed by atoms with Gasteiger partial charge in [-0.25, -0.2) is 4.68 Å². The molecule has 1 aromatic heterocycles. The lowest BCUT2D eigenvalue weighted by molar-refractivity contribution is 0.122. The number of aromatic nitrogens is 2. The predicted octanol–water partition coefficient (Wildman–Crippen LogP) is 1.19. The molecule has 90 valence electrons. The van der Waals surface area contributed by atoms with E-state index in [1.807, 2.05) is 11.6 Å². The Morgan fingerprint density at radius 1 is 1.31 bits per heavy atom. The smallest absolute Gasteiger partial charge is 0.151 e. The van der Waals surface area contributed by atoms with E-state index in [0.29, 0.717) is 6.04 Å². The lowest BCUT2D eigenvalue weighted by Gasteiger charge is -2.30. The Morgan fingerprint density at radius 3 is 2.50 bits per heavy atom. The van der Waals surface area contributed by atoms with Crippen LogP contribution < -0.4 is 10.6 Å². The maximum Gasteiger partial charge on any atom is 0.151 e. The number of morpholine rings is 1. The van der Waals surface area contributed by atoms with Crippen LogP contribution >= 0.6 is 0 Å². The molecule has 1 saturated heterocycles. The van der Waals surface area contributed by atoms with Gasteiger partial charge in [0.05, 0.1) is 24.6 Å². The molecular weight excluding hydrogens is 204 g/mol. The first kappa shape index (κ1) is 11.3. The van der Waals surface area contributed by atoms with Gasteiger partial charge in [0, 0.05) is 19.1 Å². The maximum absolute atomic E-state index is 6.11. The molecule has 0 amide bonds. The third-order valence-corrected chi connectivity index (χ3v) is 2.91. The van der Waals surface area contributed by atoms with Gasteiger partial charge in [-0.3, -0.25) is 0 Å². The fraction of sp³-hybridized carbons (Fsp3) is 0.727. The number of nitrogen functional groups attached to an aromatic ring is 1. The zero-order chi connectivity index (χ0) is 11.7. The van der Waals surface area contributed by atoms with Crippen molar-refractivity contribution < 1.29 is 4.74 Å². The molecular formula is C11H20N4O. The molecule has 0 radical (unpaired) electrons. The molecule has 1 aromatic rings. The standard InChI is InChI=1S/C11H20N4O/c1-8(2)15-11(10(12)9(3)13-15)14-4-6-16-7-5-14/h8H,4-7,12H2,1-3H3. The topological polar surface area (TPSA) is 56.3 Å². The Hall–Kier alpha value is -1.23. The molecule has 0 aliphatic carbocycles. The largest absolute Gasteiger partial charge is 0.394 e. The van der Waals surface area contributed by atoms with E-state index in [0.717, 1.165) is 43.5 Å². The Labute approximate surface area is 96.2 Å². The minimum atomic E-state index is 0.328. The molecule has 1 aliphatic heterocycles.